The van der Waals surface area contributed by atoms with E-state index in [1.54, 1.807) is 24.3 Å². The maximum absolute atomic E-state index is 12.5. The van der Waals surface area contributed by atoms with Crippen LogP contribution in [-0.2, 0) is 23.6 Å². The molecule has 164 valence electrons. The summed E-state index contributed by atoms with van der Waals surface area (Å²) in [7, 11) is -1.43. The number of fused-ring (bicyclic) bond motifs is 1. The van der Waals surface area contributed by atoms with Crippen molar-refractivity contribution in [2.75, 3.05) is 15.8 Å². The molecule has 0 amide bonds. The van der Waals surface area contributed by atoms with Gasteiger partial charge in [0, 0.05) is 18.3 Å². The van der Waals surface area contributed by atoms with Crippen LogP contribution in [0.2, 0.25) is 0 Å². The topological polar surface area (TPSA) is 126 Å². The minimum Gasteiger partial charge on any atom is -0.384 e. The number of nitrogens with zero attached hydrogens (tertiary/aromatic N) is 2. The molecule has 8 nitrogen and oxygen atoms in total. The highest BCUT2D eigenvalue weighted by Gasteiger charge is 2.22. The first-order chi connectivity index (χ1) is 14.8. The van der Waals surface area contributed by atoms with Gasteiger partial charge < -0.3 is 15.6 Å². The first-order valence-electron chi connectivity index (χ1n) is 10.4. The van der Waals surface area contributed by atoms with Crippen molar-refractivity contribution in [3.8, 4) is 0 Å². The van der Waals surface area contributed by atoms with Gasteiger partial charge in [-0.25, -0.2) is 13.4 Å². The maximum atomic E-state index is 12.5. The molecule has 0 atom stereocenters. The van der Waals surface area contributed by atoms with E-state index in [-0.39, 0.29) is 17.5 Å². The first-order valence-corrected chi connectivity index (χ1v) is 12.1. The summed E-state index contributed by atoms with van der Waals surface area (Å²) in [6, 6.07) is 12.8. The van der Waals surface area contributed by atoms with Crippen LogP contribution in [0, 0.1) is 11.3 Å². The summed E-state index contributed by atoms with van der Waals surface area (Å²) in [5, 5.41) is 10.8. The van der Waals surface area contributed by atoms with Gasteiger partial charge in [-0.15, -0.1) is 0 Å². The Hall–Kier alpha value is -3.07. The molecular formula is C22H28N6O2S. The minimum absolute atomic E-state index is 0.0385. The van der Waals surface area contributed by atoms with Gasteiger partial charge in [-0.05, 0) is 61.2 Å². The third kappa shape index (κ3) is 4.99. The van der Waals surface area contributed by atoms with Gasteiger partial charge in [-0.1, -0.05) is 12.8 Å². The van der Waals surface area contributed by atoms with Crippen molar-refractivity contribution in [2.24, 2.45) is 18.7 Å². The second-order valence-electron chi connectivity index (χ2n) is 8.17. The molecule has 0 saturated heterocycles. The summed E-state index contributed by atoms with van der Waals surface area (Å²) >= 11 is 0. The lowest BCUT2D eigenvalue weighted by molar-refractivity contribution is 0.563. The van der Waals surface area contributed by atoms with Crippen LogP contribution in [0.25, 0.3) is 11.0 Å². The third-order valence-electron chi connectivity index (χ3n) is 5.82. The standard InChI is InChI=1S/C22H28N6O2S/c1-28-20-11-10-18(27-31(29,30)14-15-4-2-3-5-15)12-19(20)26-21(28)13-25-17-8-6-16(7-9-17)22(23)24/h6-12,15,25,27H,2-5,13-14H2,1H3,(H3,23,24). The fourth-order valence-corrected chi connectivity index (χ4v) is 5.65. The molecule has 0 aliphatic heterocycles. The Morgan fingerprint density at radius 1 is 1.16 bits per heavy atom. The molecule has 3 aromatic rings. The first kappa shape index (κ1) is 21.2. The quantitative estimate of drug-likeness (QED) is 0.315. The number of aryl methyl sites for hydroxylation is 1. The van der Waals surface area contributed by atoms with Crippen molar-refractivity contribution < 1.29 is 8.42 Å². The lowest BCUT2D eigenvalue weighted by Crippen LogP contribution is -2.21. The number of hydrogen-bond donors (Lipinski definition) is 4. The van der Waals surface area contributed by atoms with Crippen molar-refractivity contribution in [1.29, 1.82) is 5.41 Å². The number of imidazole rings is 1. The molecule has 1 aliphatic carbocycles. The zero-order chi connectivity index (χ0) is 22.0. The fourth-order valence-electron chi connectivity index (χ4n) is 4.13. The smallest absolute Gasteiger partial charge is 0.232 e. The molecule has 4 rings (SSSR count). The molecule has 0 bridgehead atoms. The fraction of sp³-hybridized carbons (Fsp3) is 0.364. The van der Waals surface area contributed by atoms with Gasteiger partial charge in [0.25, 0.3) is 0 Å². The number of rotatable bonds is 8. The second kappa shape index (κ2) is 8.58. The number of hydrogen-bond acceptors (Lipinski definition) is 5. The zero-order valence-corrected chi connectivity index (χ0v) is 18.4. The molecule has 0 radical (unpaired) electrons. The SMILES string of the molecule is Cn1c(CNc2ccc(C(=N)N)cc2)nc2cc(NS(=O)(=O)CC3CCCC3)ccc21. The summed E-state index contributed by atoms with van der Waals surface area (Å²) in [6.07, 6.45) is 4.23. The molecule has 5 N–H and O–H groups in total. The minimum atomic E-state index is -3.37. The van der Waals surface area contributed by atoms with Crippen LogP contribution in [0.5, 0.6) is 0 Å². The predicted molar refractivity (Wildman–Crippen MR) is 125 cm³/mol. The van der Waals surface area contributed by atoms with Crippen molar-refractivity contribution in [3.63, 3.8) is 0 Å². The summed E-state index contributed by atoms with van der Waals surface area (Å²) in [5.41, 5.74) is 9.29. The van der Waals surface area contributed by atoms with E-state index in [4.69, 9.17) is 11.1 Å². The van der Waals surface area contributed by atoms with Crippen molar-refractivity contribution in [3.05, 3.63) is 53.9 Å². The van der Waals surface area contributed by atoms with Gasteiger partial charge in [0.2, 0.25) is 10.0 Å². The lowest BCUT2D eigenvalue weighted by Gasteiger charge is -2.12. The molecule has 1 aromatic heterocycles. The molecule has 1 fully saturated rings. The van der Waals surface area contributed by atoms with Crippen molar-refractivity contribution >= 4 is 38.3 Å². The van der Waals surface area contributed by atoms with Crippen LogP contribution in [-0.4, -0.2) is 29.6 Å². The van der Waals surface area contributed by atoms with E-state index in [1.807, 2.05) is 29.8 Å². The van der Waals surface area contributed by atoms with Gasteiger partial charge >= 0.3 is 0 Å². The Morgan fingerprint density at radius 2 is 1.84 bits per heavy atom. The number of aromatic nitrogens is 2. The van der Waals surface area contributed by atoms with Gasteiger partial charge in [-0.2, -0.15) is 0 Å². The van der Waals surface area contributed by atoms with E-state index in [0.717, 1.165) is 48.2 Å². The van der Waals surface area contributed by atoms with Crippen LogP contribution in [0.1, 0.15) is 37.1 Å². The summed E-state index contributed by atoms with van der Waals surface area (Å²) in [5.74, 6) is 1.32. The van der Waals surface area contributed by atoms with Crippen LogP contribution < -0.4 is 15.8 Å². The number of benzene rings is 2. The Labute approximate surface area is 182 Å². The average molecular weight is 441 g/mol. The lowest BCUT2D eigenvalue weighted by atomic mass is 10.1. The van der Waals surface area contributed by atoms with E-state index in [2.05, 4.69) is 15.0 Å². The van der Waals surface area contributed by atoms with Crippen LogP contribution in [0.15, 0.2) is 42.5 Å². The molecular weight excluding hydrogens is 412 g/mol. The van der Waals surface area contributed by atoms with Crippen LogP contribution >= 0.6 is 0 Å². The Balaban J connectivity index is 1.46. The van der Waals surface area contributed by atoms with Gasteiger partial charge in [-0.3, -0.25) is 10.1 Å². The van der Waals surface area contributed by atoms with E-state index in [9.17, 15) is 8.42 Å². The molecule has 2 aromatic carbocycles. The number of sulfonamides is 1. The second-order valence-corrected chi connectivity index (χ2v) is 9.94. The number of nitrogens with one attached hydrogen (secondary N) is 3. The summed E-state index contributed by atoms with van der Waals surface area (Å²) in [4.78, 5) is 4.68. The van der Waals surface area contributed by atoms with Crippen LogP contribution in [0.4, 0.5) is 11.4 Å². The number of anilines is 2. The molecule has 1 aliphatic rings. The van der Waals surface area contributed by atoms with E-state index in [0.29, 0.717) is 17.8 Å². The van der Waals surface area contributed by atoms with E-state index in [1.165, 1.54) is 0 Å². The molecule has 1 heterocycles. The maximum Gasteiger partial charge on any atom is 0.232 e. The van der Waals surface area contributed by atoms with Crippen molar-refractivity contribution in [1.82, 2.24) is 9.55 Å². The Morgan fingerprint density at radius 3 is 2.52 bits per heavy atom. The number of nitrogen functional groups attached to an aromatic ring is 1. The highest BCUT2D eigenvalue weighted by atomic mass is 32.2. The molecule has 0 unspecified atom stereocenters. The van der Waals surface area contributed by atoms with E-state index < -0.39 is 10.0 Å². The highest BCUT2D eigenvalue weighted by Crippen LogP contribution is 2.27. The monoisotopic (exact) mass is 440 g/mol. The van der Waals surface area contributed by atoms with Gasteiger partial charge in [0.1, 0.15) is 11.7 Å². The Kier molecular flexibility index (Phi) is 5.86. The highest BCUT2D eigenvalue weighted by molar-refractivity contribution is 7.92. The van der Waals surface area contributed by atoms with Gasteiger partial charge in [0.05, 0.1) is 29.0 Å². The largest absolute Gasteiger partial charge is 0.384 e. The molecule has 31 heavy (non-hydrogen) atoms. The predicted octanol–water partition coefficient (Wildman–Crippen LogP) is 3.40. The molecule has 1 saturated carbocycles. The summed E-state index contributed by atoms with van der Waals surface area (Å²) in [6.45, 7) is 0.507. The average Bonchev–Trinajstić information content (AvgIpc) is 3.33. The molecule has 0 spiro atoms. The van der Waals surface area contributed by atoms with Crippen molar-refractivity contribution in [2.45, 2.75) is 32.2 Å². The molecule has 9 heteroatoms. The third-order valence-corrected chi connectivity index (χ3v) is 7.28. The summed E-state index contributed by atoms with van der Waals surface area (Å²) < 4.78 is 29.8. The van der Waals surface area contributed by atoms with Gasteiger partial charge in [0.15, 0.2) is 0 Å². The number of nitrogens with two attached hydrogens (primary N) is 1. The normalized spacial score (nSPS) is 14.7. The number of amidine groups is 1. The zero-order valence-electron chi connectivity index (χ0n) is 17.6. The van der Waals surface area contributed by atoms with E-state index >= 15 is 0 Å². The van der Waals surface area contributed by atoms with Crippen LogP contribution in [0.3, 0.4) is 0 Å². The Bertz CT molecular complexity index is 1190.